The number of hydrogen-bond donors (Lipinski definition) is 0. The van der Waals surface area contributed by atoms with Gasteiger partial charge in [-0.05, 0) is 35.4 Å². The van der Waals surface area contributed by atoms with Gasteiger partial charge in [-0.25, -0.2) is 4.39 Å². The first kappa shape index (κ1) is 17.2. The summed E-state index contributed by atoms with van der Waals surface area (Å²) in [5.41, 5.74) is 3.46. The molecule has 0 aliphatic heterocycles. The molecule has 0 aliphatic rings. The van der Waals surface area contributed by atoms with Crippen molar-refractivity contribution >= 4 is 0 Å². The monoisotopic (exact) mass is 334 g/mol. The molecule has 0 atom stereocenters. The van der Waals surface area contributed by atoms with Crippen LogP contribution in [0.25, 0.3) is 0 Å². The van der Waals surface area contributed by atoms with Crippen LogP contribution in [0.5, 0.6) is 0 Å². The smallest absolute Gasteiger partial charge is 0.123 e. The zero-order valence-corrected chi connectivity index (χ0v) is 14.3. The highest BCUT2D eigenvalue weighted by Gasteiger charge is 2.09. The third-order valence-corrected chi connectivity index (χ3v) is 4.19. The highest BCUT2D eigenvalue weighted by atomic mass is 19.1. The topological polar surface area (TPSA) is 8.17 Å². The number of aromatic nitrogens is 1. The van der Waals surface area contributed by atoms with Gasteiger partial charge in [0.1, 0.15) is 5.82 Å². The molecule has 0 aliphatic carbocycles. The molecule has 0 N–H and O–H groups in total. The largest absolute Gasteiger partial charge is 0.346 e. The summed E-state index contributed by atoms with van der Waals surface area (Å²) >= 11 is 0. The first-order chi connectivity index (χ1) is 12.2. The average molecular weight is 334 g/mol. The fourth-order valence-corrected chi connectivity index (χ4v) is 3.02. The lowest BCUT2D eigenvalue weighted by molar-refractivity contribution is 0.279. The van der Waals surface area contributed by atoms with Crippen LogP contribution in [-0.2, 0) is 19.6 Å². The standard InChI is InChI=1S/C22H23FN2/c1-2-13-24(16-19-8-4-3-5-9-19)18-22-12-7-14-25(22)17-20-10-6-11-21(23)15-20/h2-12,14-15H,1,13,16-18H2. The van der Waals surface area contributed by atoms with E-state index in [1.807, 2.05) is 24.3 Å². The van der Waals surface area contributed by atoms with Gasteiger partial charge in [0, 0.05) is 38.1 Å². The van der Waals surface area contributed by atoms with Gasteiger partial charge in [0.15, 0.2) is 0 Å². The molecule has 0 bridgehead atoms. The minimum Gasteiger partial charge on any atom is -0.346 e. The van der Waals surface area contributed by atoms with Gasteiger partial charge in [0.25, 0.3) is 0 Å². The van der Waals surface area contributed by atoms with E-state index >= 15 is 0 Å². The third-order valence-electron chi connectivity index (χ3n) is 4.19. The maximum atomic E-state index is 13.4. The predicted molar refractivity (Wildman–Crippen MR) is 101 cm³/mol. The molecule has 0 saturated carbocycles. The van der Waals surface area contributed by atoms with Gasteiger partial charge >= 0.3 is 0 Å². The second kappa shape index (κ2) is 8.45. The van der Waals surface area contributed by atoms with Crippen LogP contribution >= 0.6 is 0 Å². The van der Waals surface area contributed by atoms with Crippen molar-refractivity contribution in [3.8, 4) is 0 Å². The minimum absolute atomic E-state index is 0.191. The van der Waals surface area contributed by atoms with Crippen LogP contribution in [0.4, 0.5) is 4.39 Å². The van der Waals surface area contributed by atoms with Crippen LogP contribution < -0.4 is 0 Å². The van der Waals surface area contributed by atoms with Gasteiger partial charge in [-0.1, -0.05) is 48.5 Å². The Kier molecular flexibility index (Phi) is 5.81. The van der Waals surface area contributed by atoms with Crippen LogP contribution in [0, 0.1) is 5.82 Å². The van der Waals surface area contributed by atoms with Crippen LogP contribution in [0.3, 0.4) is 0 Å². The molecule has 3 rings (SSSR count). The number of halogens is 1. The van der Waals surface area contributed by atoms with Crippen molar-refractivity contribution in [3.63, 3.8) is 0 Å². The van der Waals surface area contributed by atoms with E-state index in [-0.39, 0.29) is 5.82 Å². The maximum absolute atomic E-state index is 13.4. The number of rotatable bonds is 8. The van der Waals surface area contributed by atoms with Crippen molar-refractivity contribution < 1.29 is 4.39 Å². The summed E-state index contributed by atoms with van der Waals surface area (Å²) in [5, 5.41) is 0. The normalized spacial score (nSPS) is 11.0. The molecule has 2 nitrogen and oxygen atoms in total. The predicted octanol–water partition coefficient (Wildman–Crippen LogP) is 4.86. The Balaban J connectivity index is 1.72. The fraction of sp³-hybridized carbons (Fsp3) is 0.182. The highest BCUT2D eigenvalue weighted by molar-refractivity contribution is 5.19. The molecule has 0 unspecified atom stereocenters. The van der Waals surface area contributed by atoms with Crippen LogP contribution in [-0.4, -0.2) is 16.0 Å². The van der Waals surface area contributed by atoms with Crippen molar-refractivity contribution in [2.75, 3.05) is 6.54 Å². The Morgan fingerprint density at radius 1 is 0.920 bits per heavy atom. The molecule has 0 radical (unpaired) electrons. The lowest BCUT2D eigenvalue weighted by Gasteiger charge is -2.22. The van der Waals surface area contributed by atoms with E-state index < -0.39 is 0 Å². The molecule has 3 heteroatoms. The molecular weight excluding hydrogens is 311 g/mol. The number of hydrogen-bond acceptors (Lipinski definition) is 1. The molecule has 3 aromatic rings. The molecule has 0 spiro atoms. The molecule has 0 saturated heterocycles. The molecule has 0 fully saturated rings. The first-order valence-corrected chi connectivity index (χ1v) is 8.50. The van der Waals surface area contributed by atoms with E-state index in [0.717, 1.165) is 25.2 Å². The van der Waals surface area contributed by atoms with Crippen molar-refractivity contribution in [3.05, 3.63) is 108 Å². The van der Waals surface area contributed by atoms with Gasteiger partial charge in [-0.15, -0.1) is 6.58 Å². The summed E-state index contributed by atoms with van der Waals surface area (Å²) in [5.74, 6) is -0.191. The summed E-state index contributed by atoms with van der Waals surface area (Å²) in [7, 11) is 0. The Morgan fingerprint density at radius 3 is 2.48 bits per heavy atom. The Labute approximate surface area is 148 Å². The highest BCUT2D eigenvalue weighted by Crippen LogP contribution is 2.14. The van der Waals surface area contributed by atoms with E-state index in [4.69, 9.17) is 0 Å². The van der Waals surface area contributed by atoms with E-state index in [9.17, 15) is 4.39 Å². The summed E-state index contributed by atoms with van der Waals surface area (Å²) < 4.78 is 15.6. The van der Waals surface area contributed by atoms with E-state index in [2.05, 4.69) is 52.6 Å². The Morgan fingerprint density at radius 2 is 1.72 bits per heavy atom. The quantitative estimate of drug-likeness (QED) is 0.534. The Hall–Kier alpha value is -2.65. The molecule has 2 aromatic carbocycles. The van der Waals surface area contributed by atoms with E-state index in [1.165, 1.54) is 17.3 Å². The third kappa shape index (κ3) is 4.91. The zero-order valence-electron chi connectivity index (χ0n) is 14.3. The van der Waals surface area contributed by atoms with Crippen LogP contribution in [0.2, 0.25) is 0 Å². The molecule has 128 valence electrons. The number of benzene rings is 2. The second-order valence-electron chi connectivity index (χ2n) is 6.20. The van der Waals surface area contributed by atoms with Crippen molar-refractivity contribution in [2.45, 2.75) is 19.6 Å². The van der Waals surface area contributed by atoms with E-state index in [1.54, 1.807) is 12.1 Å². The van der Waals surface area contributed by atoms with Crippen molar-refractivity contribution in [1.29, 1.82) is 0 Å². The van der Waals surface area contributed by atoms with Gasteiger partial charge < -0.3 is 4.57 Å². The molecule has 1 heterocycles. The van der Waals surface area contributed by atoms with Gasteiger partial charge in [0.2, 0.25) is 0 Å². The van der Waals surface area contributed by atoms with Gasteiger partial charge in [-0.2, -0.15) is 0 Å². The Bertz CT molecular complexity index is 808. The lowest BCUT2D eigenvalue weighted by Crippen LogP contribution is -2.24. The van der Waals surface area contributed by atoms with Crippen molar-refractivity contribution in [1.82, 2.24) is 9.47 Å². The molecule has 0 amide bonds. The molecule has 25 heavy (non-hydrogen) atoms. The SMILES string of the molecule is C=CCN(Cc1ccccc1)Cc1cccn1Cc1cccc(F)c1. The fourth-order valence-electron chi connectivity index (χ4n) is 3.02. The molecule has 1 aromatic heterocycles. The summed E-state index contributed by atoms with van der Waals surface area (Å²) in [6.45, 7) is 7.07. The number of nitrogens with zero attached hydrogens (tertiary/aromatic N) is 2. The van der Waals surface area contributed by atoms with Crippen LogP contribution in [0.1, 0.15) is 16.8 Å². The van der Waals surface area contributed by atoms with E-state index in [0.29, 0.717) is 6.54 Å². The zero-order chi connectivity index (χ0) is 17.5. The summed E-state index contributed by atoms with van der Waals surface area (Å²) in [6, 6.07) is 21.4. The van der Waals surface area contributed by atoms with Gasteiger partial charge in [-0.3, -0.25) is 4.90 Å². The summed E-state index contributed by atoms with van der Waals surface area (Å²) in [6.07, 6.45) is 3.98. The average Bonchev–Trinajstić information content (AvgIpc) is 3.03. The summed E-state index contributed by atoms with van der Waals surface area (Å²) in [4.78, 5) is 2.35. The first-order valence-electron chi connectivity index (χ1n) is 8.50. The lowest BCUT2D eigenvalue weighted by atomic mass is 10.2. The van der Waals surface area contributed by atoms with Gasteiger partial charge in [0.05, 0.1) is 0 Å². The maximum Gasteiger partial charge on any atom is 0.123 e. The molecular formula is C22H23FN2. The second-order valence-corrected chi connectivity index (χ2v) is 6.20. The minimum atomic E-state index is -0.191. The van der Waals surface area contributed by atoms with Crippen LogP contribution in [0.15, 0.2) is 85.6 Å². The van der Waals surface area contributed by atoms with Crippen molar-refractivity contribution in [2.24, 2.45) is 0 Å².